The number of hydrogen-bond donors (Lipinski definition) is 0. The van der Waals surface area contributed by atoms with Crippen molar-refractivity contribution in [2.75, 3.05) is 6.79 Å². The van der Waals surface area contributed by atoms with Crippen LogP contribution in [0.5, 0.6) is 0 Å². The van der Waals surface area contributed by atoms with E-state index in [0.29, 0.717) is 14.5 Å². The summed E-state index contributed by atoms with van der Waals surface area (Å²) in [5.74, 6) is 0. The van der Waals surface area contributed by atoms with Gasteiger partial charge in [0.1, 0.15) is 6.79 Å². The van der Waals surface area contributed by atoms with Crippen LogP contribution in [-0.4, -0.2) is 38.9 Å². The minimum Gasteiger partial charge on any atom is -0.411 e. The largest absolute Gasteiger partial charge is 0.438 e. The van der Waals surface area contributed by atoms with E-state index in [0.717, 1.165) is 12.8 Å². The zero-order chi connectivity index (χ0) is 12.0. The molecular weight excluding hydrogens is 207 g/mol. The molecule has 16 heavy (non-hydrogen) atoms. The van der Waals surface area contributed by atoms with Gasteiger partial charge in [0.2, 0.25) is 0 Å². The van der Waals surface area contributed by atoms with Gasteiger partial charge >= 0.3 is 7.69 Å². The van der Waals surface area contributed by atoms with E-state index in [9.17, 15) is 0 Å². The molecule has 0 aromatic carbocycles. The Morgan fingerprint density at radius 3 is 1.62 bits per heavy atom. The average molecular weight is 230 g/mol. The van der Waals surface area contributed by atoms with E-state index in [1.54, 1.807) is 0 Å². The lowest BCUT2D eigenvalue weighted by molar-refractivity contribution is -0.124. The fraction of sp³-hybridized carbons (Fsp3) is 1.00. The van der Waals surface area contributed by atoms with Crippen LogP contribution in [0.25, 0.3) is 0 Å². The zero-order valence-corrected chi connectivity index (χ0v) is 10.8. The van der Waals surface area contributed by atoms with Crippen LogP contribution in [0.1, 0.15) is 40.5 Å². The second-order valence-electron chi connectivity index (χ2n) is 4.62. The highest BCUT2D eigenvalue weighted by Gasteiger charge is 2.15. The monoisotopic (exact) mass is 230 g/mol. The first kappa shape index (κ1) is 14.0. The fourth-order valence-electron chi connectivity index (χ4n) is 1.75. The Labute approximate surface area is 98.9 Å². The summed E-state index contributed by atoms with van der Waals surface area (Å²) in [7, 11) is 0.349. The second kappa shape index (κ2) is 7.27. The molecule has 0 amide bonds. The van der Waals surface area contributed by atoms with Gasteiger partial charge in [0.15, 0.2) is 0 Å². The molecule has 4 nitrogen and oxygen atoms in total. The van der Waals surface area contributed by atoms with E-state index < -0.39 is 0 Å². The lowest BCUT2D eigenvalue weighted by atomic mass is 10.1. The normalized spacial score (nSPS) is 39.2. The van der Waals surface area contributed by atoms with Gasteiger partial charge in [-0.2, -0.15) is 0 Å². The van der Waals surface area contributed by atoms with Gasteiger partial charge in [0.05, 0.1) is 12.2 Å². The number of rotatable bonds is 0. The maximum Gasteiger partial charge on any atom is 0.438 e. The van der Waals surface area contributed by atoms with Gasteiger partial charge in [0, 0.05) is 12.2 Å². The van der Waals surface area contributed by atoms with Crippen LogP contribution in [0.2, 0.25) is 0 Å². The minimum absolute atomic E-state index is 0.152. The molecule has 4 atom stereocenters. The van der Waals surface area contributed by atoms with E-state index in [1.165, 1.54) is 0 Å². The van der Waals surface area contributed by atoms with Crippen molar-refractivity contribution >= 4 is 7.69 Å². The van der Waals surface area contributed by atoms with Gasteiger partial charge in [-0.25, -0.2) is 0 Å². The van der Waals surface area contributed by atoms with Crippen LogP contribution in [0.3, 0.4) is 0 Å². The Bertz CT molecular complexity index is 155. The predicted molar refractivity (Wildman–Crippen MR) is 63.4 cm³/mol. The summed E-state index contributed by atoms with van der Waals surface area (Å²) in [5, 5.41) is 0. The lowest BCUT2D eigenvalue weighted by Crippen LogP contribution is -2.28. The van der Waals surface area contributed by atoms with Crippen molar-refractivity contribution in [1.82, 2.24) is 0 Å². The van der Waals surface area contributed by atoms with Crippen molar-refractivity contribution in [3.63, 3.8) is 0 Å². The molecule has 1 fully saturated rings. The molecular formula is C11H23BO4. The third-order valence-electron chi connectivity index (χ3n) is 2.74. The Hall–Kier alpha value is -0.0951. The molecule has 1 aliphatic heterocycles. The summed E-state index contributed by atoms with van der Waals surface area (Å²) in [6.45, 7) is 8.47. The molecule has 0 aliphatic carbocycles. The predicted octanol–water partition coefficient (Wildman–Crippen LogP) is 1.62. The number of hydrogen-bond acceptors (Lipinski definition) is 4. The standard InChI is InChI=1S/C11H23BO4/c1-8-5-10(3)15-12-16-11(4)6-9(2)14-7-13-8/h8-12H,5-7H2,1-4H3. The zero-order valence-electron chi connectivity index (χ0n) is 10.8. The Balaban J connectivity index is 2.39. The molecule has 0 aromatic rings. The SMILES string of the molecule is CC1CC(C)OCOC(C)CC(C)OBO1. The highest BCUT2D eigenvalue weighted by molar-refractivity contribution is 6.18. The van der Waals surface area contributed by atoms with E-state index in [1.807, 2.05) is 27.7 Å². The summed E-state index contributed by atoms with van der Waals surface area (Å²) in [6, 6.07) is 0. The molecule has 0 N–H and O–H groups in total. The van der Waals surface area contributed by atoms with Gasteiger partial charge < -0.3 is 18.8 Å². The van der Waals surface area contributed by atoms with Gasteiger partial charge in [0.25, 0.3) is 0 Å². The minimum atomic E-state index is 0.152. The van der Waals surface area contributed by atoms with Crippen LogP contribution in [0, 0.1) is 0 Å². The number of ether oxygens (including phenoxy) is 2. The van der Waals surface area contributed by atoms with Crippen LogP contribution < -0.4 is 0 Å². The van der Waals surface area contributed by atoms with Crippen molar-refractivity contribution in [2.24, 2.45) is 0 Å². The third-order valence-corrected chi connectivity index (χ3v) is 2.74. The summed E-state index contributed by atoms with van der Waals surface area (Å²) in [4.78, 5) is 0. The second-order valence-corrected chi connectivity index (χ2v) is 4.62. The van der Waals surface area contributed by atoms with Gasteiger partial charge in [-0.1, -0.05) is 0 Å². The molecule has 0 bridgehead atoms. The lowest BCUT2D eigenvalue weighted by Gasteiger charge is -2.24. The van der Waals surface area contributed by atoms with Crippen molar-refractivity contribution in [3.05, 3.63) is 0 Å². The van der Waals surface area contributed by atoms with E-state index >= 15 is 0 Å². The maximum atomic E-state index is 5.55. The first-order chi connectivity index (χ1) is 7.58. The molecule has 94 valence electrons. The molecule has 0 saturated carbocycles. The summed E-state index contributed by atoms with van der Waals surface area (Å²) >= 11 is 0. The fourth-order valence-corrected chi connectivity index (χ4v) is 1.75. The maximum absolute atomic E-state index is 5.55. The quantitative estimate of drug-likeness (QED) is 0.592. The molecule has 1 heterocycles. The molecule has 1 rings (SSSR count). The highest BCUT2D eigenvalue weighted by Crippen LogP contribution is 2.10. The molecule has 5 heteroatoms. The van der Waals surface area contributed by atoms with Gasteiger partial charge in [-0.3, -0.25) is 0 Å². The van der Waals surface area contributed by atoms with Crippen LogP contribution >= 0.6 is 0 Å². The average Bonchev–Trinajstić information content (AvgIpc) is 2.15. The Kier molecular flexibility index (Phi) is 6.35. The van der Waals surface area contributed by atoms with E-state index in [4.69, 9.17) is 18.8 Å². The topological polar surface area (TPSA) is 36.9 Å². The Morgan fingerprint density at radius 2 is 1.19 bits per heavy atom. The third kappa shape index (κ3) is 5.84. The van der Waals surface area contributed by atoms with Crippen molar-refractivity contribution in [2.45, 2.75) is 65.0 Å². The Morgan fingerprint density at radius 1 is 0.750 bits per heavy atom. The summed E-state index contributed by atoms with van der Waals surface area (Å²) < 4.78 is 22.2. The highest BCUT2D eigenvalue weighted by atomic mass is 16.7. The summed E-state index contributed by atoms with van der Waals surface area (Å²) in [6.07, 6.45) is 2.32. The first-order valence-corrected chi connectivity index (χ1v) is 6.04. The molecule has 4 unspecified atom stereocenters. The van der Waals surface area contributed by atoms with Gasteiger partial charge in [-0.15, -0.1) is 0 Å². The smallest absolute Gasteiger partial charge is 0.411 e. The van der Waals surface area contributed by atoms with Crippen molar-refractivity contribution in [3.8, 4) is 0 Å². The molecule has 0 radical (unpaired) electrons. The van der Waals surface area contributed by atoms with Crippen LogP contribution in [0.15, 0.2) is 0 Å². The van der Waals surface area contributed by atoms with Crippen molar-refractivity contribution < 1.29 is 18.8 Å². The summed E-state index contributed by atoms with van der Waals surface area (Å²) in [5.41, 5.74) is 0. The molecule has 1 saturated heterocycles. The first-order valence-electron chi connectivity index (χ1n) is 6.04. The van der Waals surface area contributed by atoms with Crippen LogP contribution in [-0.2, 0) is 18.8 Å². The van der Waals surface area contributed by atoms with Gasteiger partial charge in [-0.05, 0) is 40.5 Å². The van der Waals surface area contributed by atoms with E-state index in [-0.39, 0.29) is 24.4 Å². The molecule has 0 spiro atoms. The van der Waals surface area contributed by atoms with Crippen LogP contribution in [0.4, 0.5) is 0 Å². The van der Waals surface area contributed by atoms with E-state index in [2.05, 4.69) is 0 Å². The molecule has 0 aromatic heterocycles. The van der Waals surface area contributed by atoms with Crippen molar-refractivity contribution in [1.29, 1.82) is 0 Å². The molecule has 1 aliphatic rings.